The lowest BCUT2D eigenvalue weighted by molar-refractivity contribution is -0.127. The maximum absolute atomic E-state index is 10.8. The maximum atomic E-state index is 10.8. The minimum atomic E-state index is -0.396. The molecule has 1 heterocycles. The molecule has 2 atom stereocenters. The lowest BCUT2D eigenvalue weighted by atomic mass is 9.97. The van der Waals surface area contributed by atoms with Crippen molar-refractivity contribution in [1.29, 1.82) is 0 Å². The van der Waals surface area contributed by atoms with E-state index in [2.05, 4.69) is 5.32 Å². The largest absolute Gasteiger partial charge is 0.346 e. The van der Waals surface area contributed by atoms with Gasteiger partial charge in [-0.05, 0) is 5.56 Å². The summed E-state index contributed by atoms with van der Waals surface area (Å²) in [6.07, 6.45) is 0. The number of hydrogen-bond donors (Lipinski definition) is 1. The number of hydrogen-bond acceptors (Lipinski definition) is 1. The summed E-state index contributed by atoms with van der Waals surface area (Å²) < 4.78 is 0. The molecular weight excluding hydrogens is 174 g/mol. The van der Waals surface area contributed by atoms with Crippen molar-refractivity contribution in [3.63, 3.8) is 0 Å². The summed E-state index contributed by atoms with van der Waals surface area (Å²) in [5.41, 5.74) is 1.07. The van der Waals surface area contributed by atoms with Gasteiger partial charge in [0.15, 0.2) is 0 Å². The third-order valence-electron chi connectivity index (χ3n) is 2.00. The van der Waals surface area contributed by atoms with Gasteiger partial charge in [-0.2, -0.15) is 0 Å². The highest BCUT2D eigenvalue weighted by atomic mass is 35.5. The summed E-state index contributed by atoms with van der Waals surface area (Å²) in [4.78, 5) is 10.8. The van der Waals surface area contributed by atoms with E-state index in [1.807, 2.05) is 30.3 Å². The van der Waals surface area contributed by atoms with Gasteiger partial charge in [0, 0.05) is 0 Å². The van der Waals surface area contributed by atoms with Gasteiger partial charge in [-0.3, -0.25) is 4.79 Å². The second-order valence-electron chi connectivity index (χ2n) is 2.80. The van der Waals surface area contributed by atoms with Gasteiger partial charge < -0.3 is 5.32 Å². The quantitative estimate of drug-likeness (QED) is 0.516. The molecule has 1 saturated heterocycles. The third kappa shape index (κ3) is 1.08. The molecule has 1 aromatic rings. The van der Waals surface area contributed by atoms with Crippen LogP contribution in [0.1, 0.15) is 11.6 Å². The Hall–Kier alpha value is -1.02. The Bertz CT molecular complexity index is 299. The van der Waals surface area contributed by atoms with Crippen molar-refractivity contribution < 1.29 is 4.79 Å². The van der Waals surface area contributed by atoms with E-state index >= 15 is 0 Å². The Kier molecular flexibility index (Phi) is 1.77. The molecule has 1 N–H and O–H groups in total. The second-order valence-corrected chi connectivity index (χ2v) is 3.27. The van der Waals surface area contributed by atoms with Crippen LogP contribution in [0, 0.1) is 0 Å². The minimum Gasteiger partial charge on any atom is -0.346 e. The van der Waals surface area contributed by atoms with E-state index in [0.29, 0.717) is 0 Å². The normalized spacial score (nSPS) is 27.6. The molecule has 0 radical (unpaired) electrons. The van der Waals surface area contributed by atoms with Gasteiger partial charge in [-0.1, -0.05) is 30.3 Å². The predicted octanol–water partition coefficient (Wildman–Crippen LogP) is 1.46. The van der Waals surface area contributed by atoms with Gasteiger partial charge in [0.1, 0.15) is 5.38 Å². The molecule has 2 unspecified atom stereocenters. The Balaban J connectivity index is 2.18. The number of carbonyl (C=O) groups excluding carboxylic acids is 1. The van der Waals surface area contributed by atoms with Crippen molar-refractivity contribution in [2.24, 2.45) is 0 Å². The molecular formula is C9H8ClNO. The lowest BCUT2D eigenvalue weighted by Gasteiger charge is -2.32. The Morgan fingerprint density at radius 3 is 2.42 bits per heavy atom. The van der Waals surface area contributed by atoms with Crippen molar-refractivity contribution >= 4 is 17.5 Å². The molecule has 1 aromatic carbocycles. The standard InChI is InChI=1S/C9H8ClNO/c10-7-8(11-9(7)12)6-4-2-1-3-5-6/h1-5,7-8H,(H,11,12). The van der Waals surface area contributed by atoms with Gasteiger partial charge in [-0.15, -0.1) is 11.6 Å². The first kappa shape index (κ1) is 7.62. The fourth-order valence-corrected chi connectivity index (χ4v) is 1.55. The van der Waals surface area contributed by atoms with Crippen LogP contribution in [-0.2, 0) is 4.79 Å². The van der Waals surface area contributed by atoms with Crippen LogP contribution >= 0.6 is 11.6 Å². The molecule has 0 saturated carbocycles. The fourth-order valence-electron chi connectivity index (χ4n) is 1.27. The van der Waals surface area contributed by atoms with E-state index in [1.54, 1.807) is 0 Å². The Labute approximate surface area is 75.5 Å². The number of nitrogens with one attached hydrogen (secondary N) is 1. The zero-order valence-electron chi connectivity index (χ0n) is 6.33. The van der Waals surface area contributed by atoms with Crippen molar-refractivity contribution in [2.75, 3.05) is 0 Å². The SMILES string of the molecule is O=C1NC(c2ccccc2)C1Cl. The van der Waals surface area contributed by atoms with Crippen LogP contribution in [0.5, 0.6) is 0 Å². The van der Waals surface area contributed by atoms with E-state index in [0.717, 1.165) is 5.56 Å². The topological polar surface area (TPSA) is 29.1 Å². The summed E-state index contributed by atoms with van der Waals surface area (Å²) in [6.45, 7) is 0. The first-order valence-electron chi connectivity index (χ1n) is 3.78. The van der Waals surface area contributed by atoms with E-state index in [9.17, 15) is 4.79 Å². The number of β-lactam (4-membered cyclic amide) rings is 1. The predicted molar refractivity (Wildman–Crippen MR) is 47.0 cm³/mol. The van der Waals surface area contributed by atoms with Gasteiger partial charge >= 0.3 is 0 Å². The number of rotatable bonds is 1. The first-order valence-corrected chi connectivity index (χ1v) is 4.22. The number of benzene rings is 1. The Morgan fingerprint density at radius 2 is 1.92 bits per heavy atom. The van der Waals surface area contributed by atoms with E-state index < -0.39 is 5.38 Å². The van der Waals surface area contributed by atoms with Gasteiger partial charge in [-0.25, -0.2) is 0 Å². The van der Waals surface area contributed by atoms with Crippen molar-refractivity contribution in [2.45, 2.75) is 11.4 Å². The molecule has 1 aliphatic rings. The number of amides is 1. The zero-order valence-corrected chi connectivity index (χ0v) is 7.08. The first-order chi connectivity index (χ1) is 5.79. The lowest BCUT2D eigenvalue weighted by Crippen LogP contribution is -2.52. The minimum absolute atomic E-state index is 0.000340. The number of alkyl halides is 1. The highest BCUT2D eigenvalue weighted by Gasteiger charge is 2.38. The van der Waals surface area contributed by atoms with Crippen LogP contribution in [-0.4, -0.2) is 11.3 Å². The van der Waals surface area contributed by atoms with Gasteiger partial charge in [0.2, 0.25) is 5.91 Å². The molecule has 1 amide bonds. The molecule has 2 rings (SSSR count). The maximum Gasteiger partial charge on any atom is 0.241 e. The van der Waals surface area contributed by atoms with Crippen LogP contribution in [0.4, 0.5) is 0 Å². The van der Waals surface area contributed by atoms with Crippen LogP contribution in [0.2, 0.25) is 0 Å². The molecule has 0 spiro atoms. The molecule has 1 aliphatic heterocycles. The summed E-state index contributed by atoms with van der Waals surface area (Å²) in [7, 11) is 0. The van der Waals surface area contributed by atoms with Crippen molar-refractivity contribution in [1.82, 2.24) is 5.32 Å². The molecule has 2 nitrogen and oxygen atoms in total. The van der Waals surface area contributed by atoms with Gasteiger partial charge in [0.25, 0.3) is 0 Å². The summed E-state index contributed by atoms with van der Waals surface area (Å²) in [5.74, 6) is -0.0782. The molecule has 0 aromatic heterocycles. The summed E-state index contributed by atoms with van der Waals surface area (Å²) >= 11 is 5.79. The third-order valence-corrected chi connectivity index (χ3v) is 2.45. The van der Waals surface area contributed by atoms with Crippen LogP contribution in [0.15, 0.2) is 30.3 Å². The van der Waals surface area contributed by atoms with Crippen molar-refractivity contribution in [3.05, 3.63) is 35.9 Å². The highest BCUT2D eigenvalue weighted by Crippen LogP contribution is 2.28. The zero-order chi connectivity index (χ0) is 8.55. The van der Waals surface area contributed by atoms with Crippen LogP contribution < -0.4 is 5.32 Å². The fraction of sp³-hybridized carbons (Fsp3) is 0.222. The van der Waals surface area contributed by atoms with Crippen molar-refractivity contribution in [3.8, 4) is 0 Å². The number of halogens is 1. The molecule has 12 heavy (non-hydrogen) atoms. The van der Waals surface area contributed by atoms with Crippen LogP contribution in [0.25, 0.3) is 0 Å². The van der Waals surface area contributed by atoms with Gasteiger partial charge in [0.05, 0.1) is 6.04 Å². The molecule has 0 bridgehead atoms. The monoisotopic (exact) mass is 181 g/mol. The van der Waals surface area contributed by atoms with Crippen LogP contribution in [0.3, 0.4) is 0 Å². The Morgan fingerprint density at radius 1 is 1.25 bits per heavy atom. The smallest absolute Gasteiger partial charge is 0.241 e. The molecule has 62 valence electrons. The van der Waals surface area contributed by atoms with E-state index in [4.69, 9.17) is 11.6 Å². The molecule has 1 fully saturated rings. The molecule has 0 aliphatic carbocycles. The summed E-state index contributed by atoms with van der Waals surface area (Å²) in [5, 5.41) is 2.34. The second kappa shape index (κ2) is 2.79. The molecule has 3 heteroatoms. The average molecular weight is 182 g/mol. The van der Waals surface area contributed by atoms with E-state index in [1.165, 1.54) is 0 Å². The average Bonchev–Trinajstić information content (AvgIpc) is 2.15. The summed E-state index contributed by atoms with van der Waals surface area (Å²) in [6, 6.07) is 9.72. The number of carbonyl (C=O) groups is 1. The van der Waals surface area contributed by atoms with E-state index in [-0.39, 0.29) is 11.9 Å². The highest BCUT2D eigenvalue weighted by molar-refractivity contribution is 6.33.